The van der Waals surface area contributed by atoms with Crippen molar-refractivity contribution in [1.82, 2.24) is 0 Å². The third-order valence-electron chi connectivity index (χ3n) is 4.36. The van der Waals surface area contributed by atoms with Crippen LogP contribution in [-0.2, 0) is 0 Å². The summed E-state index contributed by atoms with van der Waals surface area (Å²) in [7, 11) is 0. The minimum absolute atomic E-state index is 0.0875. The zero-order valence-corrected chi connectivity index (χ0v) is 14.5. The normalized spacial score (nSPS) is 20.3. The summed E-state index contributed by atoms with van der Waals surface area (Å²) in [6.07, 6.45) is 3.60. The average Bonchev–Trinajstić information content (AvgIpc) is 2.53. The van der Waals surface area contributed by atoms with E-state index in [-0.39, 0.29) is 18.8 Å². The highest BCUT2D eigenvalue weighted by molar-refractivity contribution is 5.27. The van der Waals surface area contributed by atoms with Gasteiger partial charge in [0.1, 0.15) is 5.82 Å². The monoisotopic (exact) mass is 388 g/mol. The molecule has 0 saturated heterocycles. The maximum atomic E-state index is 12.5. The quantitative estimate of drug-likeness (QED) is 0.496. The average molecular weight is 388 g/mol. The van der Waals surface area contributed by atoms with Crippen LogP contribution in [0.1, 0.15) is 51.9 Å². The predicted molar refractivity (Wildman–Crippen MR) is 83.9 cm³/mol. The molecule has 1 aliphatic rings. The van der Waals surface area contributed by atoms with Gasteiger partial charge in [0.05, 0.1) is 6.67 Å². The Bertz CT molecular complexity index is 500. The summed E-state index contributed by atoms with van der Waals surface area (Å²) < 4.78 is 87.0. The standard InChI is InChI=1S/C11H21F.C7H2F6O/c1-2-3-10-4-6-11(7-5-10)8-9-12;8-3-1-4(9)6(5(10)2-3)14-7(11,12)13/h10-11H,2-9H2,1H3;1-2H. The van der Waals surface area contributed by atoms with Crippen LogP contribution < -0.4 is 4.74 Å². The summed E-state index contributed by atoms with van der Waals surface area (Å²) in [4.78, 5) is 0. The number of benzene rings is 1. The molecule has 1 aromatic carbocycles. The minimum Gasteiger partial charge on any atom is -0.399 e. The van der Waals surface area contributed by atoms with Crippen molar-refractivity contribution in [1.29, 1.82) is 0 Å². The molecule has 1 fully saturated rings. The van der Waals surface area contributed by atoms with E-state index < -0.39 is 29.6 Å². The van der Waals surface area contributed by atoms with Crippen molar-refractivity contribution >= 4 is 0 Å². The molecule has 0 radical (unpaired) electrons. The van der Waals surface area contributed by atoms with E-state index in [4.69, 9.17) is 0 Å². The van der Waals surface area contributed by atoms with Crippen molar-refractivity contribution in [3.63, 3.8) is 0 Å². The molecule has 0 amide bonds. The first-order chi connectivity index (χ1) is 12.2. The summed E-state index contributed by atoms with van der Waals surface area (Å²) in [6, 6.07) is 0.175. The first kappa shape index (κ1) is 22.6. The molecule has 0 bridgehead atoms. The van der Waals surface area contributed by atoms with Crippen molar-refractivity contribution in [2.24, 2.45) is 11.8 Å². The van der Waals surface area contributed by atoms with Gasteiger partial charge in [-0.2, -0.15) is 0 Å². The van der Waals surface area contributed by atoms with Crippen LogP contribution in [0.3, 0.4) is 0 Å². The zero-order valence-electron chi connectivity index (χ0n) is 14.5. The van der Waals surface area contributed by atoms with Gasteiger partial charge in [0.15, 0.2) is 11.6 Å². The Kier molecular flexibility index (Phi) is 9.22. The molecule has 8 heteroatoms. The van der Waals surface area contributed by atoms with Gasteiger partial charge in [-0.3, -0.25) is 4.39 Å². The van der Waals surface area contributed by atoms with E-state index >= 15 is 0 Å². The molecule has 150 valence electrons. The highest BCUT2D eigenvalue weighted by Gasteiger charge is 2.34. The van der Waals surface area contributed by atoms with E-state index in [0.29, 0.717) is 5.92 Å². The largest absolute Gasteiger partial charge is 0.573 e. The second kappa shape index (κ2) is 10.6. The summed E-state index contributed by atoms with van der Waals surface area (Å²) in [5.74, 6) is -4.82. The van der Waals surface area contributed by atoms with Crippen LogP contribution in [0.25, 0.3) is 0 Å². The lowest BCUT2D eigenvalue weighted by Gasteiger charge is -2.27. The SMILES string of the molecule is CCCC1CCC(CCF)CC1.Fc1cc(F)c(OC(F)(F)F)c(F)c1. The van der Waals surface area contributed by atoms with Gasteiger partial charge in [-0.25, -0.2) is 13.2 Å². The van der Waals surface area contributed by atoms with Gasteiger partial charge in [0.25, 0.3) is 0 Å². The third-order valence-corrected chi connectivity index (χ3v) is 4.36. The number of ether oxygens (including phenoxy) is 1. The first-order valence-corrected chi connectivity index (χ1v) is 8.62. The van der Waals surface area contributed by atoms with Gasteiger partial charge in [-0.15, -0.1) is 13.2 Å². The maximum absolute atomic E-state index is 12.5. The van der Waals surface area contributed by atoms with Crippen LogP contribution in [0.15, 0.2) is 12.1 Å². The van der Waals surface area contributed by atoms with E-state index in [2.05, 4.69) is 11.7 Å². The number of halogens is 7. The Morgan fingerprint density at radius 2 is 1.38 bits per heavy atom. The van der Waals surface area contributed by atoms with Crippen LogP contribution in [-0.4, -0.2) is 13.0 Å². The summed E-state index contributed by atoms with van der Waals surface area (Å²) in [5.41, 5.74) is 0. The van der Waals surface area contributed by atoms with Gasteiger partial charge >= 0.3 is 6.36 Å². The van der Waals surface area contributed by atoms with Gasteiger partial charge in [0, 0.05) is 12.1 Å². The van der Waals surface area contributed by atoms with Crippen LogP contribution in [0.2, 0.25) is 0 Å². The molecule has 1 aromatic rings. The van der Waals surface area contributed by atoms with E-state index in [0.717, 1.165) is 12.3 Å². The lowest BCUT2D eigenvalue weighted by molar-refractivity contribution is -0.276. The fraction of sp³-hybridized carbons (Fsp3) is 0.667. The van der Waals surface area contributed by atoms with Crippen LogP contribution in [0, 0.1) is 29.3 Å². The predicted octanol–water partition coefficient (Wildman–Crippen LogP) is 6.96. The second-order valence-electron chi connectivity index (χ2n) is 6.40. The Balaban J connectivity index is 0.000000263. The highest BCUT2D eigenvalue weighted by Crippen LogP contribution is 2.33. The van der Waals surface area contributed by atoms with Gasteiger partial charge < -0.3 is 4.74 Å². The van der Waals surface area contributed by atoms with Crippen molar-refractivity contribution in [2.45, 2.75) is 58.2 Å². The molecule has 1 aliphatic carbocycles. The number of hydrogen-bond acceptors (Lipinski definition) is 1. The van der Waals surface area contributed by atoms with E-state index in [1.165, 1.54) is 38.5 Å². The molecule has 2 rings (SSSR count). The van der Waals surface area contributed by atoms with Crippen molar-refractivity contribution in [2.75, 3.05) is 6.67 Å². The number of alkyl halides is 4. The third kappa shape index (κ3) is 8.27. The van der Waals surface area contributed by atoms with Gasteiger partial charge in [0.2, 0.25) is 5.75 Å². The lowest BCUT2D eigenvalue weighted by atomic mass is 9.79. The zero-order chi connectivity index (χ0) is 19.7. The summed E-state index contributed by atoms with van der Waals surface area (Å²) in [5, 5.41) is 0. The Labute approximate surface area is 148 Å². The first-order valence-electron chi connectivity index (χ1n) is 8.62. The Morgan fingerprint density at radius 3 is 1.77 bits per heavy atom. The lowest BCUT2D eigenvalue weighted by Crippen LogP contribution is -2.19. The van der Waals surface area contributed by atoms with Crippen LogP contribution in [0.4, 0.5) is 30.7 Å². The summed E-state index contributed by atoms with van der Waals surface area (Å²) in [6.45, 7) is 2.15. The van der Waals surface area contributed by atoms with Crippen LogP contribution >= 0.6 is 0 Å². The molecular weight excluding hydrogens is 365 g/mol. The molecule has 0 N–H and O–H groups in total. The molecular formula is C18H23F7O. The van der Waals surface area contributed by atoms with Crippen LogP contribution in [0.5, 0.6) is 5.75 Å². The Morgan fingerprint density at radius 1 is 0.923 bits per heavy atom. The molecule has 0 aliphatic heterocycles. The fourth-order valence-corrected chi connectivity index (χ4v) is 3.11. The van der Waals surface area contributed by atoms with Gasteiger partial charge in [-0.1, -0.05) is 45.4 Å². The number of rotatable bonds is 5. The molecule has 1 nitrogen and oxygen atoms in total. The molecule has 0 heterocycles. The summed E-state index contributed by atoms with van der Waals surface area (Å²) >= 11 is 0. The van der Waals surface area contributed by atoms with E-state index in [1.807, 2.05) is 0 Å². The molecule has 0 atom stereocenters. The molecule has 0 unspecified atom stereocenters. The minimum atomic E-state index is -5.22. The fourth-order valence-electron chi connectivity index (χ4n) is 3.11. The molecule has 26 heavy (non-hydrogen) atoms. The molecule has 0 aromatic heterocycles. The van der Waals surface area contributed by atoms with Crippen molar-refractivity contribution < 1.29 is 35.5 Å². The molecule has 1 saturated carbocycles. The van der Waals surface area contributed by atoms with E-state index in [1.54, 1.807) is 0 Å². The smallest absolute Gasteiger partial charge is 0.399 e. The number of hydrogen-bond donors (Lipinski definition) is 0. The maximum Gasteiger partial charge on any atom is 0.573 e. The second-order valence-corrected chi connectivity index (χ2v) is 6.40. The van der Waals surface area contributed by atoms with Crippen molar-refractivity contribution in [3.8, 4) is 5.75 Å². The van der Waals surface area contributed by atoms with E-state index in [9.17, 15) is 30.7 Å². The molecule has 0 spiro atoms. The van der Waals surface area contributed by atoms with Crippen molar-refractivity contribution in [3.05, 3.63) is 29.6 Å². The highest BCUT2D eigenvalue weighted by atomic mass is 19.4. The van der Waals surface area contributed by atoms with Gasteiger partial charge in [-0.05, 0) is 18.3 Å². The Hall–Kier alpha value is -1.47. The topological polar surface area (TPSA) is 9.23 Å².